The van der Waals surface area contributed by atoms with E-state index in [-0.39, 0.29) is 18.0 Å². The number of nitrogen functional groups attached to an aromatic ring is 1. The molecule has 5 N–H and O–H groups in total. The van der Waals surface area contributed by atoms with Gasteiger partial charge < -0.3 is 21.3 Å². The van der Waals surface area contributed by atoms with E-state index < -0.39 is 23.3 Å². The third kappa shape index (κ3) is 2.33. The predicted molar refractivity (Wildman–Crippen MR) is 64.9 cm³/mol. The minimum absolute atomic E-state index is 0.0318. The van der Waals surface area contributed by atoms with Crippen LogP contribution in [0.2, 0.25) is 0 Å². The smallest absolute Gasteiger partial charge is 0.351 e. The fraction of sp³-hybridized carbons (Fsp3) is 0.444. The maximum atomic E-state index is 11.7. The van der Waals surface area contributed by atoms with Gasteiger partial charge in [0.25, 0.3) is 5.91 Å². The number of ether oxygens (including phenoxy) is 1. The third-order valence-corrected chi connectivity index (χ3v) is 3.55. The van der Waals surface area contributed by atoms with Gasteiger partial charge in [-0.05, 0) is 0 Å². The number of hydrogen-bond donors (Lipinski definition) is 3. The number of carbonyl (C=O) groups excluding carboxylic acids is 1. The highest BCUT2D eigenvalue weighted by atomic mass is 32.2. The fourth-order valence-electron chi connectivity index (χ4n) is 1.56. The summed E-state index contributed by atoms with van der Waals surface area (Å²) >= 11 is 1.37. The molecule has 2 rings (SSSR count). The zero-order chi connectivity index (χ0) is 13.3. The molecule has 1 aromatic rings. The van der Waals surface area contributed by atoms with Crippen LogP contribution in [0.25, 0.3) is 0 Å². The van der Waals surface area contributed by atoms with E-state index in [4.69, 9.17) is 21.3 Å². The molecule has 18 heavy (non-hydrogen) atoms. The lowest BCUT2D eigenvalue weighted by atomic mass is 10.3. The van der Waals surface area contributed by atoms with Crippen molar-refractivity contribution in [2.75, 3.05) is 18.1 Å². The van der Waals surface area contributed by atoms with Crippen molar-refractivity contribution in [3.05, 3.63) is 22.2 Å². The number of nitrogens with two attached hydrogens (primary N) is 2. The third-order valence-electron chi connectivity index (χ3n) is 2.44. The Bertz CT molecular complexity index is 532. The van der Waals surface area contributed by atoms with Crippen LogP contribution >= 0.6 is 11.8 Å². The van der Waals surface area contributed by atoms with Crippen molar-refractivity contribution in [2.24, 2.45) is 5.73 Å². The summed E-state index contributed by atoms with van der Waals surface area (Å²) in [5.41, 5.74) is 9.51. The molecule has 8 nitrogen and oxygen atoms in total. The number of amides is 1. The van der Waals surface area contributed by atoms with Gasteiger partial charge in [-0.25, -0.2) is 4.79 Å². The van der Waals surface area contributed by atoms with Gasteiger partial charge in [0.1, 0.15) is 17.5 Å². The van der Waals surface area contributed by atoms with Gasteiger partial charge in [0.15, 0.2) is 0 Å². The van der Waals surface area contributed by atoms with Gasteiger partial charge in [0.2, 0.25) is 0 Å². The first-order valence-electron chi connectivity index (χ1n) is 5.09. The lowest BCUT2D eigenvalue weighted by Gasteiger charge is -2.14. The van der Waals surface area contributed by atoms with Crippen molar-refractivity contribution in [1.29, 1.82) is 0 Å². The maximum Gasteiger partial charge on any atom is 0.351 e. The van der Waals surface area contributed by atoms with Crippen molar-refractivity contribution in [3.63, 3.8) is 0 Å². The Morgan fingerprint density at radius 2 is 2.44 bits per heavy atom. The first-order chi connectivity index (χ1) is 8.52. The van der Waals surface area contributed by atoms with Gasteiger partial charge >= 0.3 is 5.69 Å². The van der Waals surface area contributed by atoms with Gasteiger partial charge in [-0.1, -0.05) is 0 Å². The van der Waals surface area contributed by atoms with Crippen LogP contribution < -0.4 is 17.2 Å². The topological polar surface area (TPSA) is 133 Å². The molecule has 0 unspecified atom stereocenters. The molecule has 0 aliphatic carbocycles. The van der Waals surface area contributed by atoms with E-state index >= 15 is 0 Å². The van der Waals surface area contributed by atoms with Crippen LogP contribution in [0.1, 0.15) is 16.6 Å². The van der Waals surface area contributed by atoms with Crippen LogP contribution in [0, 0.1) is 0 Å². The molecule has 0 radical (unpaired) electrons. The molecule has 9 heteroatoms. The number of aliphatic hydroxyl groups excluding tert-OH is 1. The average molecular weight is 272 g/mol. The van der Waals surface area contributed by atoms with E-state index in [1.165, 1.54) is 18.0 Å². The Morgan fingerprint density at radius 3 is 3.00 bits per heavy atom. The molecule has 1 fully saturated rings. The lowest BCUT2D eigenvalue weighted by molar-refractivity contribution is -0.00637. The molecule has 1 aliphatic rings. The largest absolute Gasteiger partial charge is 0.393 e. The Labute approximate surface area is 106 Å². The Kier molecular flexibility index (Phi) is 3.55. The zero-order valence-corrected chi connectivity index (χ0v) is 10.1. The molecule has 0 saturated carbocycles. The zero-order valence-electron chi connectivity index (χ0n) is 9.28. The molecule has 0 bridgehead atoms. The Morgan fingerprint density at radius 1 is 1.72 bits per heavy atom. The van der Waals surface area contributed by atoms with E-state index in [1.807, 2.05) is 0 Å². The average Bonchev–Trinajstić information content (AvgIpc) is 2.77. The molecule has 2 heterocycles. The number of rotatable bonds is 3. The predicted octanol–water partition coefficient (Wildman–Crippen LogP) is -1.50. The van der Waals surface area contributed by atoms with Gasteiger partial charge in [-0.2, -0.15) is 4.98 Å². The van der Waals surface area contributed by atoms with Crippen molar-refractivity contribution in [2.45, 2.75) is 11.7 Å². The monoisotopic (exact) mass is 272 g/mol. The van der Waals surface area contributed by atoms with Gasteiger partial charge in [0.05, 0.1) is 12.2 Å². The second kappa shape index (κ2) is 4.96. The highest BCUT2D eigenvalue weighted by Crippen LogP contribution is 2.30. The van der Waals surface area contributed by atoms with E-state index in [0.29, 0.717) is 5.75 Å². The fourth-order valence-corrected chi connectivity index (χ4v) is 2.49. The summed E-state index contributed by atoms with van der Waals surface area (Å²) < 4.78 is 6.55. The molecular weight excluding hydrogens is 260 g/mol. The number of hydrogen-bond acceptors (Lipinski definition) is 7. The molecule has 0 spiro atoms. The van der Waals surface area contributed by atoms with Crippen LogP contribution in [-0.4, -0.2) is 38.4 Å². The number of carbonyl (C=O) groups is 1. The van der Waals surface area contributed by atoms with E-state index in [1.54, 1.807) is 0 Å². The second-order valence-corrected chi connectivity index (χ2v) is 4.82. The normalized spacial score (nSPS) is 23.2. The number of thioether (sulfide) groups is 1. The maximum absolute atomic E-state index is 11.7. The van der Waals surface area contributed by atoms with E-state index in [9.17, 15) is 9.59 Å². The van der Waals surface area contributed by atoms with Crippen LogP contribution in [-0.2, 0) is 4.74 Å². The molecule has 1 aromatic heterocycles. The van der Waals surface area contributed by atoms with Crippen molar-refractivity contribution < 1.29 is 14.6 Å². The molecule has 1 saturated heterocycles. The summed E-state index contributed by atoms with van der Waals surface area (Å²) in [6.07, 6.45) is 0.642. The number of aromatic nitrogens is 2. The summed E-state index contributed by atoms with van der Waals surface area (Å²) in [4.78, 5) is 26.3. The van der Waals surface area contributed by atoms with Crippen LogP contribution in [0.5, 0.6) is 0 Å². The highest BCUT2D eigenvalue weighted by Gasteiger charge is 2.28. The summed E-state index contributed by atoms with van der Waals surface area (Å²) in [6.45, 7) is -0.152. The summed E-state index contributed by atoms with van der Waals surface area (Å²) in [5, 5.41) is 8.94. The molecule has 0 aromatic carbocycles. The van der Waals surface area contributed by atoms with Crippen LogP contribution in [0.4, 0.5) is 5.82 Å². The molecule has 2 atom stereocenters. The quantitative estimate of drug-likeness (QED) is 0.610. The van der Waals surface area contributed by atoms with Gasteiger partial charge in [-0.15, -0.1) is 11.8 Å². The van der Waals surface area contributed by atoms with Gasteiger partial charge in [0, 0.05) is 11.9 Å². The number of aliphatic hydroxyl groups is 1. The molecule has 1 aliphatic heterocycles. The summed E-state index contributed by atoms with van der Waals surface area (Å²) in [7, 11) is 0. The van der Waals surface area contributed by atoms with E-state index in [2.05, 4.69) is 4.98 Å². The van der Waals surface area contributed by atoms with Crippen LogP contribution in [0.15, 0.2) is 11.0 Å². The summed E-state index contributed by atoms with van der Waals surface area (Å²) in [6, 6.07) is 0. The van der Waals surface area contributed by atoms with E-state index in [0.717, 1.165) is 4.57 Å². The summed E-state index contributed by atoms with van der Waals surface area (Å²) in [5.74, 6) is -0.499. The Balaban J connectivity index is 2.36. The lowest BCUT2D eigenvalue weighted by Crippen LogP contribution is -2.31. The van der Waals surface area contributed by atoms with Crippen molar-refractivity contribution in [3.8, 4) is 0 Å². The first-order valence-corrected chi connectivity index (χ1v) is 6.14. The SMILES string of the molecule is NC(=O)c1cn([C@@H]2CS[C@H](CO)O2)c(=O)nc1N. The molecule has 1 amide bonds. The number of primary amides is 1. The van der Waals surface area contributed by atoms with Gasteiger partial charge in [-0.3, -0.25) is 9.36 Å². The van der Waals surface area contributed by atoms with Crippen LogP contribution in [0.3, 0.4) is 0 Å². The Hall–Kier alpha value is -1.58. The van der Waals surface area contributed by atoms with Crippen molar-refractivity contribution in [1.82, 2.24) is 9.55 Å². The minimum atomic E-state index is -0.766. The highest BCUT2D eigenvalue weighted by molar-refractivity contribution is 8.00. The van der Waals surface area contributed by atoms with Crippen molar-refractivity contribution >= 4 is 23.5 Å². The number of anilines is 1. The standard InChI is InChI=1S/C9H12N4O4S/c10-7-4(8(11)15)1-13(9(16)12-7)5-3-18-6(2-14)17-5/h1,5-6,14H,2-3H2,(H2,11,15)(H2,10,12,16)/t5-,6+/m0/s1. The molecular formula is C9H12N4O4S. The first kappa shape index (κ1) is 12.9. The second-order valence-electron chi connectivity index (χ2n) is 3.63. The minimum Gasteiger partial charge on any atom is -0.393 e. The number of nitrogens with zero attached hydrogens (tertiary/aromatic N) is 2. The molecule has 98 valence electrons.